The predicted octanol–water partition coefficient (Wildman–Crippen LogP) is 4.57. The van der Waals surface area contributed by atoms with Gasteiger partial charge in [0.05, 0.1) is 12.1 Å². The maximum absolute atomic E-state index is 12.7. The van der Waals surface area contributed by atoms with Crippen LogP contribution < -0.4 is 5.32 Å². The molecule has 0 bridgehead atoms. The second-order valence-electron chi connectivity index (χ2n) is 5.76. The first kappa shape index (κ1) is 20.8. The number of aryl methyl sites for hydroxylation is 1. The van der Waals surface area contributed by atoms with Crippen molar-refractivity contribution >= 4 is 29.3 Å². The van der Waals surface area contributed by atoms with Crippen molar-refractivity contribution in [2.24, 2.45) is 0 Å². The van der Waals surface area contributed by atoms with Crippen LogP contribution in [0.4, 0.5) is 18.9 Å². The summed E-state index contributed by atoms with van der Waals surface area (Å²) in [5, 5.41) is 2.73. The molecule has 0 saturated heterocycles. The van der Waals surface area contributed by atoms with Crippen LogP contribution in [0.3, 0.4) is 0 Å². The standard InChI is InChI=1S/C19H19F3N2O2S/c1-3-13-8-4-6-10-15(13)23-17(25)12-24(2)18(26)14-9-5-7-11-16(14)27-19(20,21)22/h4-11H,3,12H2,1-2H3,(H,23,25). The topological polar surface area (TPSA) is 49.4 Å². The Labute approximate surface area is 159 Å². The Kier molecular flexibility index (Phi) is 6.90. The highest BCUT2D eigenvalue weighted by Crippen LogP contribution is 2.38. The number of hydrogen-bond donors (Lipinski definition) is 1. The van der Waals surface area contributed by atoms with E-state index in [0.717, 1.165) is 16.9 Å². The molecule has 0 aromatic heterocycles. The molecule has 2 rings (SSSR count). The van der Waals surface area contributed by atoms with Gasteiger partial charge in [0.1, 0.15) is 0 Å². The summed E-state index contributed by atoms with van der Waals surface area (Å²) < 4.78 is 38.1. The Bertz CT molecular complexity index is 825. The molecule has 2 aromatic carbocycles. The van der Waals surface area contributed by atoms with Gasteiger partial charge < -0.3 is 10.2 Å². The first-order valence-corrected chi connectivity index (χ1v) is 9.01. The van der Waals surface area contributed by atoms with E-state index in [1.807, 2.05) is 19.1 Å². The summed E-state index contributed by atoms with van der Waals surface area (Å²) in [4.78, 5) is 25.7. The van der Waals surface area contributed by atoms with E-state index in [1.54, 1.807) is 12.1 Å². The minimum absolute atomic E-state index is 0.0934. The summed E-state index contributed by atoms with van der Waals surface area (Å²) in [5.41, 5.74) is -2.99. The summed E-state index contributed by atoms with van der Waals surface area (Å²) in [6.07, 6.45) is 0.729. The Morgan fingerprint density at radius 3 is 2.37 bits per heavy atom. The van der Waals surface area contributed by atoms with Gasteiger partial charge in [-0.25, -0.2) is 0 Å². The number of nitrogens with zero attached hydrogens (tertiary/aromatic N) is 1. The van der Waals surface area contributed by atoms with Crippen molar-refractivity contribution in [1.82, 2.24) is 4.90 Å². The lowest BCUT2D eigenvalue weighted by Crippen LogP contribution is -2.35. The number of benzene rings is 2. The second-order valence-corrected chi connectivity index (χ2v) is 6.87. The van der Waals surface area contributed by atoms with Crippen molar-refractivity contribution in [1.29, 1.82) is 0 Å². The molecular weight excluding hydrogens is 377 g/mol. The highest BCUT2D eigenvalue weighted by molar-refractivity contribution is 8.00. The van der Waals surface area contributed by atoms with E-state index in [4.69, 9.17) is 0 Å². The summed E-state index contributed by atoms with van der Waals surface area (Å²) in [7, 11) is 1.38. The maximum atomic E-state index is 12.7. The molecule has 0 atom stereocenters. The maximum Gasteiger partial charge on any atom is 0.446 e. The SMILES string of the molecule is CCc1ccccc1NC(=O)CN(C)C(=O)c1ccccc1SC(F)(F)F. The molecule has 0 aliphatic heterocycles. The van der Waals surface area contributed by atoms with Crippen molar-refractivity contribution in [2.45, 2.75) is 23.7 Å². The van der Waals surface area contributed by atoms with Gasteiger partial charge in [-0.2, -0.15) is 13.2 Å². The first-order valence-electron chi connectivity index (χ1n) is 8.19. The van der Waals surface area contributed by atoms with Crippen LogP contribution in [-0.2, 0) is 11.2 Å². The average Bonchev–Trinajstić information content (AvgIpc) is 2.60. The quantitative estimate of drug-likeness (QED) is 0.728. The van der Waals surface area contributed by atoms with Gasteiger partial charge >= 0.3 is 5.51 Å². The molecule has 4 nitrogen and oxygen atoms in total. The summed E-state index contributed by atoms with van der Waals surface area (Å²) >= 11 is -0.349. The number of rotatable bonds is 6. The number of halogens is 3. The van der Waals surface area contributed by atoms with E-state index in [9.17, 15) is 22.8 Å². The number of likely N-dealkylation sites (N-methyl/N-ethyl adjacent to an activating group) is 1. The zero-order valence-electron chi connectivity index (χ0n) is 14.8. The van der Waals surface area contributed by atoms with Crippen molar-refractivity contribution in [3.63, 3.8) is 0 Å². The molecule has 0 aliphatic carbocycles. The number of hydrogen-bond acceptors (Lipinski definition) is 3. The lowest BCUT2D eigenvalue weighted by atomic mass is 10.1. The molecule has 8 heteroatoms. The van der Waals surface area contributed by atoms with Crippen LogP contribution in [0.5, 0.6) is 0 Å². The van der Waals surface area contributed by atoms with E-state index < -0.39 is 17.3 Å². The molecule has 1 N–H and O–H groups in total. The Morgan fingerprint density at radius 1 is 1.07 bits per heavy atom. The van der Waals surface area contributed by atoms with Crippen LogP contribution in [0.2, 0.25) is 0 Å². The van der Waals surface area contributed by atoms with E-state index in [2.05, 4.69) is 5.32 Å². The van der Waals surface area contributed by atoms with Gasteiger partial charge in [0, 0.05) is 17.6 Å². The number of nitrogens with one attached hydrogen (secondary N) is 1. The van der Waals surface area contributed by atoms with E-state index in [0.29, 0.717) is 5.69 Å². The highest BCUT2D eigenvalue weighted by atomic mass is 32.2. The molecule has 144 valence electrons. The minimum atomic E-state index is -4.50. The minimum Gasteiger partial charge on any atom is -0.332 e. The number of amides is 2. The summed E-state index contributed by atoms with van der Waals surface area (Å²) in [6, 6.07) is 12.8. The van der Waals surface area contributed by atoms with Gasteiger partial charge in [0.2, 0.25) is 5.91 Å². The van der Waals surface area contributed by atoms with Gasteiger partial charge in [-0.1, -0.05) is 37.3 Å². The molecule has 0 aliphatic rings. The Hall–Kier alpha value is -2.48. The number of para-hydroxylation sites is 1. The third-order valence-corrected chi connectivity index (χ3v) is 4.55. The molecule has 0 unspecified atom stereocenters. The molecule has 0 heterocycles. The molecule has 0 fully saturated rings. The predicted molar refractivity (Wildman–Crippen MR) is 99.8 cm³/mol. The van der Waals surface area contributed by atoms with Crippen molar-refractivity contribution in [3.05, 3.63) is 59.7 Å². The molecular formula is C19H19F3N2O2S. The fourth-order valence-electron chi connectivity index (χ4n) is 2.49. The largest absolute Gasteiger partial charge is 0.446 e. The normalized spacial score (nSPS) is 11.1. The number of carbonyl (C=O) groups is 2. The number of anilines is 1. The van der Waals surface area contributed by atoms with Crippen LogP contribution in [-0.4, -0.2) is 35.8 Å². The monoisotopic (exact) mass is 396 g/mol. The van der Waals surface area contributed by atoms with Gasteiger partial charge in [-0.15, -0.1) is 0 Å². The highest BCUT2D eigenvalue weighted by Gasteiger charge is 2.31. The summed E-state index contributed by atoms with van der Waals surface area (Å²) in [6.45, 7) is 1.68. The van der Waals surface area contributed by atoms with Crippen LogP contribution >= 0.6 is 11.8 Å². The number of thioether (sulfide) groups is 1. The van der Waals surface area contributed by atoms with Crippen LogP contribution in [0.15, 0.2) is 53.4 Å². The third-order valence-electron chi connectivity index (χ3n) is 3.74. The number of carbonyl (C=O) groups excluding carboxylic acids is 2. The van der Waals surface area contributed by atoms with E-state index in [-0.39, 0.29) is 28.8 Å². The zero-order chi connectivity index (χ0) is 20.0. The first-order chi connectivity index (χ1) is 12.7. The third kappa shape index (κ3) is 6.02. The van der Waals surface area contributed by atoms with E-state index >= 15 is 0 Å². The lowest BCUT2D eigenvalue weighted by molar-refractivity contribution is -0.116. The van der Waals surface area contributed by atoms with E-state index in [1.165, 1.54) is 31.3 Å². The molecule has 0 saturated carbocycles. The van der Waals surface area contributed by atoms with Gasteiger partial charge in [0.25, 0.3) is 5.91 Å². The molecule has 27 heavy (non-hydrogen) atoms. The van der Waals surface area contributed by atoms with Gasteiger partial charge in [-0.05, 0) is 41.9 Å². The van der Waals surface area contributed by atoms with Crippen molar-refractivity contribution < 1.29 is 22.8 Å². The zero-order valence-corrected chi connectivity index (χ0v) is 15.7. The number of alkyl halides is 3. The second kappa shape index (κ2) is 8.94. The smallest absolute Gasteiger partial charge is 0.332 e. The molecule has 2 aromatic rings. The molecule has 2 amide bonds. The van der Waals surface area contributed by atoms with Crippen molar-refractivity contribution in [3.8, 4) is 0 Å². The molecule has 0 spiro atoms. The Morgan fingerprint density at radius 2 is 1.70 bits per heavy atom. The van der Waals surface area contributed by atoms with Gasteiger partial charge in [0.15, 0.2) is 0 Å². The van der Waals surface area contributed by atoms with Crippen molar-refractivity contribution in [2.75, 3.05) is 18.9 Å². The fraction of sp³-hybridized carbons (Fsp3) is 0.263. The Balaban J connectivity index is 2.09. The van der Waals surface area contributed by atoms with Gasteiger partial charge in [-0.3, -0.25) is 9.59 Å². The lowest BCUT2D eigenvalue weighted by Gasteiger charge is -2.19. The van der Waals surface area contributed by atoms with Crippen LogP contribution in [0.25, 0.3) is 0 Å². The van der Waals surface area contributed by atoms with Crippen LogP contribution in [0.1, 0.15) is 22.8 Å². The molecule has 0 radical (unpaired) electrons. The van der Waals surface area contributed by atoms with Crippen LogP contribution in [0, 0.1) is 0 Å². The average molecular weight is 396 g/mol. The fourth-order valence-corrected chi connectivity index (χ4v) is 3.15. The summed E-state index contributed by atoms with van der Waals surface area (Å²) in [5.74, 6) is -1.08.